The Hall–Kier alpha value is -3.22. The van der Waals surface area contributed by atoms with Gasteiger partial charge in [-0.2, -0.15) is 0 Å². The van der Waals surface area contributed by atoms with E-state index in [2.05, 4.69) is 15.3 Å². The number of fused-ring (bicyclic) bond motifs is 1. The van der Waals surface area contributed by atoms with E-state index in [0.29, 0.717) is 25.9 Å². The number of hydrogen-bond donors (Lipinski definition) is 1. The molecular formula is C20H21N5O2. The molecule has 0 saturated carbocycles. The summed E-state index contributed by atoms with van der Waals surface area (Å²) in [4.78, 5) is 34.5. The van der Waals surface area contributed by atoms with Crippen LogP contribution in [-0.4, -0.2) is 44.3 Å². The zero-order chi connectivity index (χ0) is 18.6. The number of rotatable bonds is 6. The quantitative estimate of drug-likeness (QED) is 0.727. The van der Waals surface area contributed by atoms with Crippen molar-refractivity contribution in [2.24, 2.45) is 0 Å². The average Bonchev–Trinajstić information content (AvgIpc) is 3.31. The van der Waals surface area contributed by atoms with Crippen molar-refractivity contribution >= 4 is 22.8 Å². The lowest BCUT2D eigenvalue weighted by Crippen LogP contribution is -2.31. The molecule has 0 bridgehead atoms. The van der Waals surface area contributed by atoms with Gasteiger partial charge in [0, 0.05) is 44.2 Å². The highest BCUT2D eigenvalue weighted by molar-refractivity contribution is 5.80. The Bertz CT molecular complexity index is 981. The van der Waals surface area contributed by atoms with E-state index in [4.69, 9.17) is 0 Å². The van der Waals surface area contributed by atoms with Gasteiger partial charge in [0.15, 0.2) is 0 Å². The van der Waals surface area contributed by atoms with Gasteiger partial charge in [-0.15, -0.1) is 0 Å². The minimum atomic E-state index is -0.0695. The van der Waals surface area contributed by atoms with Crippen LogP contribution in [0.25, 0.3) is 16.9 Å². The van der Waals surface area contributed by atoms with E-state index in [0.717, 1.165) is 35.4 Å². The first-order valence-electron chi connectivity index (χ1n) is 9.13. The highest BCUT2D eigenvalue weighted by Gasteiger charge is 2.20. The van der Waals surface area contributed by atoms with Gasteiger partial charge in [0.2, 0.25) is 11.8 Å². The third kappa shape index (κ3) is 3.67. The predicted octanol–water partition coefficient (Wildman–Crippen LogP) is 2.05. The number of amides is 2. The van der Waals surface area contributed by atoms with Crippen molar-refractivity contribution in [2.45, 2.75) is 25.8 Å². The van der Waals surface area contributed by atoms with Crippen molar-refractivity contribution in [3.63, 3.8) is 0 Å². The van der Waals surface area contributed by atoms with Crippen molar-refractivity contribution in [1.29, 1.82) is 0 Å². The van der Waals surface area contributed by atoms with Crippen LogP contribution in [0.5, 0.6) is 0 Å². The van der Waals surface area contributed by atoms with E-state index in [1.54, 1.807) is 17.4 Å². The van der Waals surface area contributed by atoms with Gasteiger partial charge in [0.05, 0.1) is 11.0 Å². The lowest BCUT2D eigenvalue weighted by Gasteiger charge is -2.15. The fourth-order valence-electron chi connectivity index (χ4n) is 3.37. The lowest BCUT2D eigenvalue weighted by atomic mass is 10.2. The monoisotopic (exact) mass is 363 g/mol. The van der Waals surface area contributed by atoms with Crippen LogP contribution in [0.4, 0.5) is 0 Å². The molecule has 2 amide bonds. The number of nitrogens with one attached hydrogen (secondary N) is 1. The van der Waals surface area contributed by atoms with Gasteiger partial charge in [-0.05, 0) is 24.6 Å². The molecule has 27 heavy (non-hydrogen) atoms. The van der Waals surface area contributed by atoms with Gasteiger partial charge in [0.1, 0.15) is 12.1 Å². The fourth-order valence-corrected chi connectivity index (χ4v) is 3.37. The second-order valence-electron chi connectivity index (χ2n) is 6.60. The largest absolute Gasteiger partial charge is 0.352 e. The fraction of sp³-hybridized carbons (Fsp3) is 0.300. The summed E-state index contributed by atoms with van der Waals surface area (Å²) in [6.45, 7) is 1.62. The van der Waals surface area contributed by atoms with Crippen LogP contribution < -0.4 is 5.32 Å². The molecule has 0 aliphatic carbocycles. The van der Waals surface area contributed by atoms with Crippen LogP contribution in [0.1, 0.15) is 24.8 Å². The zero-order valence-corrected chi connectivity index (χ0v) is 15.0. The number of hydrogen-bond acceptors (Lipinski definition) is 4. The Morgan fingerprint density at radius 3 is 2.89 bits per heavy atom. The normalized spacial score (nSPS) is 14.1. The molecule has 0 atom stereocenters. The maximum Gasteiger partial charge on any atom is 0.222 e. The number of para-hydroxylation sites is 2. The second kappa shape index (κ2) is 7.57. The molecule has 7 heteroatoms. The van der Waals surface area contributed by atoms with E-state index in [9.17, 15) is 9.59 Å². The van der Waals surface area contributed by atoms with Crippen LogP contribution in [0.2, 0.25) is 0 Å². The number of carbonyl (C=O) groups excluding carboxylic acids is 2. The van der Waals surface area contributed by atoms with Crippen LogP contribution >= 0.6 is 0 Å². The van der Waals surface area contributed by atoms with Gasteiger partial charge in [-0.25, -0.2) is 9.97 Å². The number of carbonyl (C=O) groups is 2. The van der Waals surface area contributed by atoms with Crippen molar-refractivity contribution in [2.75, 3.05) is 13.1 Å². The third-order valence-electron chi connectivity index (χ3n) is 4.81. The maximum atomic E-state index is 12.2. The molecule has 3 heterocycles. The molecule has 0 unspecified atom stereocenters. The highest BCUT2D eigenvalue weighted by Crippen LogP contribution is 2.19. The molecule has 1 aliphatic rings. The molecule has 0 radical (unpaired) electrons. The summed E-state index contributed by atoms with van der Waals surface area (Å²) in [6, 6.07) is 11.7. The number of nitrogens with zero attached hydrogens (tertiary/aromatic N) is 4. The summed E-state index contributed by atoms with van der Waals surface area (Å²) in [6.07, 6.45) is 5.28. The molecule has 3 aromatic rings. The van der Waals surface area contributed by atoms with Crippen LogP contribution in [0.3, 0.4) is 0 Å². The Kier molecular flexibility index (Phi) is 4.82. The van der Waals surface area contributed by atoms with Gasteiger partial charge in [-0.3, -0.25) is 14.2 Å². The molecule has 2 aromatic heterocycles. The van der Waals surface area contributed by atoms with E-state index in [1.165, 1.54) is 0 Å². The summed E-state index contributed by atoms with van der Waals surface area (Å²) in [5.74, 6) is 0.825. The van der Waals surface area contributed by atoms with E-state index in [-0.39, 0.29) is 11.8 Å². The van der Waals surface area contributed by atoms with Gasteiger partial charge in [-0.1, -0.05) is 18.2 Å². The van der Waals surface area contributed by atoms with Gasteiger partial charge in [0.25, 0.3) is 0 Å². The molecule has 1 aliphatic heterocycles. The molecule has 4 rings (SSSR count). The van der Waals surface area contributed by atoms with Gasteiger partial charge < -0.3 is 10.2 Å². The summed E-state index contributed by atoms with van der Waals surface area (Å²) in [5.41, 5.74) is 2.77. The first kappa shape index (κ1) is 17.2. The van der Waals surface area contributed by atoms with E-state index >= 15 is 0 Å². The number of pyridine rings is 1. The zero-order valence-electron chi connectivity index (χ0n) is 15.0. The average molecular weight is 363 g/mol. The van der Waals surface area contributed by atoms with Crippen molar-refractivity contribution in [3.8, 4) is 5.82 Å². The summed E-state index contributed by atoms with van der Waals surface area (Å²) in [7, 11) is 0. The summed E-state index contributed by atoms with van der Waals surface area (Å²) >= 11 is 0. The topological polar surface area (TPSA) is 80.1 Å². The Labute approximate surface area is 157 Å². The molecular weight excluding hydrogens is 342 g/mol. The number of imidazole rings is 1. The van der Waals surface area contributed by atoms with Gasteiger partial charge >= 0.3 is 0 Å². The molecule has 7 nitrogen and oxygen atoms in total. The standard InChI is InChI=1S/C20H21N5O2/c26-18(9-12-24-11-4-8-19(24)27)22-13-15-5-3-10-21-20(15)25-14-23-16-6-1-2-7-17(16)25/h1-3,5-7,10,14H,4,8-9,11-13H2,(H,22,26). The second-order valence-corrected chi connectivity index (χ2v) is 6.60. The molecule has 1 saturated heterocycles. The minimum absolute atomic E-state index is 0.0695. The van der Waals surface area contributed by atoms with Crippen molar-refractivity contribution in [3.05, 3.63) is 54.5 Å². The summed E-state index contributed by atoms with van der Waals surface area (Å²) < 4.78 is 1.93. The SMILES string of the molecule is O=C(CCN1CCCC1=O)NCc1cccnc1-n1cnc2ccccc21. The molecule has 1 aromatic carbocycles. The Morgan fingerprint density at radius 2 is 2.04 bits per heavy atom. The molecule has 1 fully saturated rings. The molecule has 138 valence electrons. The minimum Gasteiger partial charge on any atom is -0.352 e. The van der Waals surface area contributed by atoms with Crippen LogP contribution in [0, 0.1) is 0 Å². The molecule has 1 N–H and O–H groups in total. The molecule has 0 spiro atoms. The Balaban J connectivity index is 1.44. The third-order valence-corrected chi connectivity index (χ3v) is 4.81. The first-order valence-corrected chi connectivity index (χ1v) is 9.13. The number of benzene rings is 1. The Morgan fingerprint density at radius 1 is 1.15 bits per heavy atom. The van der Waals surface area contributed by atoms with E-state index in [1.807, 2.05) is 41.0 Å². The first-order chi connectivity index (χ1) is 13.2. The van der Waals surface area contributed by atoms with E-state index < -0.39 is 0 Å². The lowest BCUT2D eigenvalue weighted by molar-refractivity contribution is -0.128. The predicted molar refractivity (Wildman–Crippen MR) is 101 cm³/mol. The van der Waals surface area contributed by atoms with Crippen LogP contribution in [-0.2, 0) is 16.1 Å². The highest BCUT2D eigenvalue weighted by atomic mass is 16.2. The number of aromatic nitrogens is 3. The van der Waals surface area contributed by atoms with Crippen molar-refractivity contribution < 1.29 is 9.59 Å². The smallest absolute Gasteiger partial charge is 0.222 e. The van der Waals surface area contributed by atoms with Crippen LogP contribution in [0.15, 0.2) is 48.9 Å². The van der Waals surface area contributed by atoms with Crippen molar-refractivity contribution in [1.82, 2.24) is 24.8 Å². The number of likely N-dealkylation sites (tertiary alicyclic amines) is 1. The summed E-state index contributed by atoms with van der Waals surface area (Å²) in [5, 5.41) is 2.94. The maximum absolute atomic E-state index is 12.2.